The predicted octanol–water partition coefficient (Wildman–Crippen LogP) is 4.66. The molecule has 0 saturated carbocycles. The molecule has 0 N–H and O–H groups in total. The molecule has 5 nitrogen and oxygen atoms in total. The molecular formula is C21H22F3NO4. The highest BCUT2D eigenvalue weighted by atomic mass is 19.4. The van der Waals surface area contributed by atoms with Gasteiger partial charge in [-0.25, -0.2) is 0 Å². The Morgan fingerprint density at radius 2 is 1.79 bits per heavy atom. The summed E-state index contributed by atoms with van der Waals surface area (Å²) >= 11 is 0. The first kappa shape index (κ1) is 22.1. The first-order chi connectivity index (χ1) is 13.7. The Bertz CT molecular complexity index is 848. The average molecular weight is 409 g/mol. The van der Waals surface area contributed by atoms with Gasteiger partial charge in [-0.2, -0.15) is 0 Å². The lowest BCUT2D eigenvalue weighted by Gasteiger charge is -2.16. The molecule has 0 fully saturated rings. The second-order valence-electron chi connectivity index (χ2n) is 6.06. The van der Waals surface area contributed by atoms with E-state index in [9.17, 15) is 18.0 Å². The molecule has 1 amide bonds. The van der Waals surface area contributed by atoms with Gasteiger partial charge in [0, 0.05) is 19.7 Å². The molecule has 0 aliphatic carbocycles. The van der Waals surface area contributed by atoms with E-state index in [0.717, 1.165) is 5.56 Å². The number of halogens is 3. The van der Waals surface area contributed by atoms with Gasteiger partial charge in [-0.05, 0) is 48.4 Å². The van der Waals surface area contributed by atoms with Gasteiger partial charge < -0.3 is 19.1 Å². The van der Waals surface area contributed by atoms with E-state index in [2.05, 4.69) is 4.74 Å². The van der Waals surface area contributed by atoms with Gasteiger partial charge >= 0.3 is 6.36 Å². The Morgan fingerprint density at radius 3 is 2.38 bits per heavy atom. The fourth-order valence-corrected chi connectivity index (χ4v) is 2.51. The molecule has 0 bridgehead atoms. The predicted molar refractivity (Wildman–Crippen MR) is 103 cm³/mol. The van der Waals surface area contributed by atoms with Gasteiger partial charge in [0.25, 0.3) is 0 Å². The number of hydrogen-bond acceptors (Lipinski definition) is 4. The number of likely N-dealkylation sites (N-methyl/N-ethyl adjacent to an activating group) is 1. The molecule has 0 atom stereocenters. The van der Waals surface area contributed by atoms with Crippen LogP contribution in [0.5, 0.6) is 17.2 Å². The van der Waals surface area contributed by atoms with Crippen molar-refractivity contribution in [2.45, 2.75) is 19.8 Å². The van der Waals surface area contributed by atoms with E-state index in [1.54, 1.807) is 38.4 Å². The maximum Gasteiger partial charge on any atom is 0.573 e. The SMILES string of the molecule is CCOc1cc(/C=C/C(=O)N(C)Cc2ccc(OC(F)(F)F)cc2)ccc1OC. The topological polar surface area (TPSA) is 48.0 Å². The number of ether oxygens (including phenoxy) is 3. The minimum atomic E-state index is -4.73. The number of carbonyl (C=O) groups is 1. The van der Waals surface area contributed by atoms with Crippen molar-refractivity contribution < 1.29 is 32.2 Å². The molecule has 29 heavy (non-hydrogen) atoms. The van der Waals surface area contributed by atoms with Crippen LogP contribution < -0.4 is 14.2 Å². The fraction of sp³-hybridized carbons (Fsp3) is 0.286. The van der Waals surface area contributed by atoms with Crippen LogP contribution in [-0.4, -0.2) is 37.9 Å². The first-order valence-corrected chi connectivity index (χ1v) is 8.80. The monoisotopic (exact) mass is 409 g/mol. The maximum absolute atomic E-state index is 12.3. The number of carbonyl (C=O) groups excluding carboxylic acids is 1. The zero-order valence-corrected chi connectivity index (χ0v) is 16.3. The molecule has 2 aromatic carbocycles. The number of rotatable bonds is 8. The van der Waals surface area contributed by atoms with Crippen molar-refractivity contribution in [2.24, 2.45) is 0 Å². The standard InChI is InChI=1S/C21H22F3NO4/c1-4-28-19-13-15(7-11-18(19)27-3)8-12-20(26)25(2)14-16-5-9-17(10-6-16)29-21(22,23)24/h5-13H,4,14H2,1-3H3/b12-8+. The summed E-state index contributed by atoms with van der Waals surface area (Å²) in [6.07, 6.45) is -1.66. The van der Waals surface area contributed by atoms with E-state index in [-0.39, 0.29) is 18.2 Å². The third kappa shape index (κ3) is 7.06. The highest BCUT2D eigenvalue weighted by Gasteiger charge is 2.30. The summed E-state index contributed by atoms with van der Waals surface area (Å²) in [6.45, 7) is 2.59. The summed E-state index contributed by atoms with van der Waals surface area (Å²) < 4.78 is 51.1. The first-order valence-electron chi connectivity index (χ1n) is 8.80. The molecule has 0 saturated heterocycles. The van der Waals surface area contributed by atoms with Crippen LogP contribution in [0.4, 0.5) is 13.2 Å². The van der Waals surface area contributed by atoms with Gasteiger partial charge in [0.15, 0.2) is 11.5 Å². The average Bonchev–Trinajstić information content (AvgIpc) is 2.67. The van der Waals surface area contributed by atoms with Crippen molar-refractivity contribution in [2.75, 3.05) is 20.8 Å². The second kappa shape index (κ2) is 9.86. The smallest absolute Gasteiger partial charge is 0.493 e. The Morgan fingerprint density at radius 1 is 1.10 bits per heavy atom. The van der Waals surface area contributed by atoms with Gasteiger partial charge in [0.2, 0.25) is 5.91 Å². The zero-order valence-electron chi connectivity index (χ0n) is 16.3. The minimum absolute atomic E-state index is 0.238. The highest BCUT2D eigenvalue weighted by Crippen LogP contribution is 2.28. The van der Waals surface area contributed by atoms with Crippen molar-refractivity contribution in [1.29, 1.82) is 0 Å². The van der Waals surface area contributed by atoms with E-state index in [4.69, 9.17) is 9.47 Å². The van der Waals surface area contributed by atoms with E-state index in [0.29, 0.717) is 23.7 Å². The summed E-state index contributed by atoms with van der Waals surface area (Å²) in [6, 6.07) is 10.7. The van der Waals surface area contributed by atoms with Crippen molar-refractivity contribution in [3.05, 3.63) is 59.7 Å². The zero-order chi connectivity index (χ0) is 21.4. The third-order valence-corrected chi connectivity index (χ3v) is 3.86. The van der Waals surface area contributed by atoms with Crippen LogP contribution in [0.3, 0.4) is 0 Å². The van der Waals surface area contributed by atoms with Crippen LogP contribution in [0.2, 0.25) is 0 Å². The van der Waals surface area contributed by atoms with E-state index in [1.165, 1.54) is 35.2 Å². The normalized spacial score (nSPS) is 11.4. The molecule has 2 aromatic rings. The molecule has 0 aliphatic heterocycles. The molecule has 2 rings (SSSR count). The second-order valence-corrected chi connectivity index (χ2v) is 6.06. The van der Waals surface area contributed by atoms with Crippen LogP contribution >= 0.6 is 0 Å². The maximum atomic E-state index is 12.3. The molecule has 0 aromatic heterocycles. The quantitative estimate of drug-likeness (QED) is 0.595. The molecule has 0 spiro atoms. The lowest BCUT2D eigenvalue weighted by Crippen LogP contribution is -2.24. The van der Waals surface area contributed by atoms with Crippen LogP contribution in [0.25, 0.3) is 6.08 Å². The Labute approximate surface area is 167 Å². The highest BCUT2D eigenvalue weighted by molar-refractivity contribution is 5.91. The molecular weight excluding hydrogens is 387 g/mol. The lowest BCUT2D eigenvalue weighted by molar-refractivity contribution is -0.274. The number of hydrogen-bond donors (Lipinski definition) is 0. The van der Waals surface area contributed by atoms with Crippen molar-refractivity contribution in [3.63, 3.8) is 0 Å². The van der Waals surface area contributed by atoms with Gasteiger partial charge in [0.1, 0.15) is 5.75 Å². The Kier molecular flexibility index (Phi) is 7.52. The summed E-state index contributed by atoms with van der Waals surface area (Å²) in [5.41, 5.74) is 1.44. The largest absolute Gasteiger partial charge is 0.573 e. The van der Waals surface area contributed by atoms with Gasteiger partial charge in [-0.1, -0.05) is 18.2 Å². The third-order valence-electron chi connectivity index (χ3n) is 3.86. The lowest BCUT2D eigenvalue weighted by atomic mass is 10.1. The molecule has 0 unspecified atom stereocenters. The summed E-state index contributed by atoms with van der Waals surface area (Å²) in [5, 5.41) is 0. The number of nitrogens with zero attached hydrogens (tertiary/aromatic N) is 1. The van der Waals surface area contributed by atoms with E-state index < -0.39 is 6.36 Å². The molecule has 0 radical (unpaired) electrons. The Hall–Kier alpha value is -3.16. The summed E-state index contributed by atoms with van der Waals surface area (Å²) in [5.74, 6) is 0.624. The van der Waals surface area contributed by atoms with E-state index in [1.807, 2.05) is 6.92 Å². The number of methoxy groups -OCH3 is 1. The van der Waals surface area contributed by atoms with Gasteiger partial charge in [0.05, 0.1) is 13.7 Å². The number of benzene rings is 2. The van der Waals surface area contributed by atoms with Crippen LogP contribution in [-0.2, 0) is 11.3 Å². The number of alkyl halides is 3. The molecule has 156 valence electrons. The van der Waals surface area contributed by atoms with Crippen LogP contribution in [0.15, 0.2) is 48.5 Å². The summed E-state index contributed by atoms with van der Waals surface area (Å²) in [7, 11) is 3.15. The Balaban J connectivity index is 1.99. The van der Waals surface area contributed by atoms with Gasteiger partial charge in [-0.15, -0.1) is 13.2 Å². The van der Waals surface area contributed by atoms with Crippen molar-refractivity contribution >= 4 is 12.0 Å². The van der Waals surface area contributed by atoms with Crippen molar-refractivity contribution in [3.8, 4) is 17.2 Å². The molecule has 8 heteroatoms. The molecule has 0 heterocycles. The molecule has 0 aliphatic rings. The fourth-order valence-electron chi connectivity index (χ4n) is 2.51. The van der Waals surface area contributed by atoms with Crippen molar-refractivity contribution in [1.82, 2.24) is 4.90 Å². The number of amides is 1. The van der Waals surface area contributed by atoms with Crippen LogP contribution in [0.1, 0.15) is 18.1 Å². The summed E-state index contributed by atoms with van der Waals surface area (Å²) in [4.78, 5) is 13.8. The van der Waals surface area contributed by atoms with Gasteiger partial charge in [-0.3, -0.25) is 4.79 Å². The van der Waals surface area contributed by atoms with Crippen LogP contribution in [0, 0.1) is 0 Å². The minimum Gasteiger partial charge on any atom is -0.493 e. The van der Waals surface area contributed by atoms with E-state index >= 15 is 0 Å².